The average molecular weight is 667 g/mol. The van der Waals surface area contributed by atoms with Crippen molar-refractivity contribution < 1.29 is 24.2 Å². The second-order valence-corrected chi connectivity index (χ2v) is 12.3. The van der Waals surface area contributed by atoms with E-state index in [2.05, 4.69) is 98.9 Å². The predicted molar refractivity (Wildman–Crippen MR) is 205 cm³/mol. The summed E-state index contributed by atoms with van der Waals surface area (Å²) in [5, 5.41) is 9.54. The smallest absolute Gasteiger partial charge is 0.306 e. The van der Waals surface area contributed by atoms with Gasteiger partial charge in [-0.05, 0) is 83.5 Å². The standard InChI is InChI=1S/C43H70O5/c1-3-5-7-9-11-13-15-17-19-21-23-25-27-29-31-33-35-37-42(45)47-40-41(39-44)48-43(46)38-36-34-32-30-28-26-24-22-20-18-16-14-12-10-8-6-4-2/h5,7,11,13,17-20,23-26,30,32,41,44H,3-4,6,8-10,12,14-16,21-22,27-29,31,33-40H2,1-2H3/t41-/m0/s1. The van der Waals surface area contributed by atoms with E-state index in [0.29, 0.717) is 12.8 Å². The number of esters is 2. The van der Waals surface area contributed by atoms with Crippen LogP contribution >= 0.6 is 0 Å². The van der Waals surface area contributed by atoms with Gasteiger partial charge in [-0.3, -0.25) is 9.59 Å². The lowest BCUT2D eigenvalue weighted by molar-refractivity contribution is -0.161. The van der Waals surface area contributed by atoms with Crippen molar-refractivity contribution in [2.75, 3.05) is 13.2 Å². The van der Waals surface area contributed by atoms with Crippen LogP contribution in [0.1, 0.15) is 155 Å². The highest BCUT2D eigenvalue weighted by Gasteiger charge is 2.15. The number of allylic oxidation sites excluding steroid dienone is 14. The first kappa shape index (κ1) is 45.1. The third-order valence-corrected chi connectivity index (χ3v) is 7.67. The first-order valence-corrected chi connectivity index (χ1v) is 19.1. The zero-order valence-electron chi connectivity index (χ0n) is 30.7. The summed E-state index contributed by atoms with van der Waals surface area (Å²) in [4.78, 5) is 24.2. The van der Waals surface area contributed by atoms with Gasteiger partial charge in [0.15, 0.2) is 6.10 Å². The van der Waals surface area contributed by atoms with Crippen LogP contribution in [0.15, 0.2) is 85.1 Å². The quantitative estimate of drug-likeness (QED) is 0.0429. The van der Waals surface area contributed by atoms with E-state index in [1.165, 1.54) is 44.9 Å². The van der Waals surface area contributed by atoms with Crippen molar-refractivity contribution in [3.05, 3.63) is 85.1 Å². The molecule has 0 fully saturated rings. The maximum Gasteiger partial charge on any atom is 0.306 e. The average Bonchev–Trinajstić information content (AvgIpc) is 3.09. The second kappa shape index (κ2) is 38.5. The first-order valence-electron chi connectivity index (χ1n) is 19.1. The van der Waals surface area contributed by atoms with Gasteiger partial charge in [0.25, 0.3) is 0 Å². The molecule has 0 unspecified atom stereocenters. The van der Waals surface area contributed by atoms with E-state index in [-0.39, 0.29) is 31.6 Å². The Bertz CT molecular complexity index is 937. The highest BCUT2D eigenvalue weighted by Crippen LogP contribution is 2.09. The van der Waals surface area contributed by atoms with E-state index in [1.807, 2.05) is 0 Å². The lowest BCUT2D eigenvalue weighted by atomic mass is 10.1. The number of hydrogen-bond donors (Lipinski definition) is 1. The number of carbonyl (C=O) groups is 2. The highest BCUT2D eigenvalue weighted by molar-refractivity contribution is 5.70. The van der Waals surface area contributed by atoms with Gasteiger partial charge in [-0.15, -0.1) is 0 Å². The van der Waals surface area contributed by atoms with Gasteiger partial charge in [0.2, 0.25) is 0 Å². The van der Waals surface area contributed by atoms with Gasteiger partial charge < -0.3 is 14.6 Å². The topological polar surface area (TPSA) is 72.8 Å². The van der Waals surface area contributed by atoms with Crippen molar-refractivity contribution >= 4 is 11.9 Å². The molecule has 0 aliphatic carbocycles. The molecule has 0 saturated carbocycles. The van der Waals surface area contributed by atoms with E-state index >= 15 is 0 Å². The Kier molecular flexibility index (Phi) is 36.2. The molecule has 0 spiro atoms. The molecule has 0 aromatic rings. The van der Waals surface area contributed by atoms with Crippen LogP contribution in [0.4, 0.5) is 0 Å². The zero-order chi connectivity index (χ0) is 35.0. The summed E-state index contributed by atoms with van der Waals surface area (Å²) in [5.41, 5.74) is 0. The number of rotatable bonds is 33. The first-order chi connectivity index (χ1) is 23.6. The molecule has 1 atom stereocenters. The minimum Gasteiger partial charge on any atom is -0.462 e. The van der Waals surface area contributed by atoms with Crippen LogP contribution < -0.4 is 0 Å². The van der Waals surface area contributed by atoms with Crippen molar-refractivity contribution in [2.45, 2.75) is 161 Å². The molecule has 0 rings (SSSR count). The lowest BCUT2D eigenvalue weighted by Gasteiger charge is -2.15. The Hall–Kier alpha value is -2.92. The van der Waals surface area contributed by atoms with Crippen molar-refractivity contribution in [3.63, 3.8) is 0 Å². The fraction of sp³-hybridized carbons (Fsp3) is 0.628. The van der Waals surface area contributed by atoms with Crippen molar-refractivity contribution in [2.24, 2.45) is 0 Å². The molecule has 0 saturated heterocycles. The second-order valence-electron chi connectivity index (χ2n) is 12.3. The Balaban J connectivity index is 3.73. The van der Waals surface area contributed by atoms with Gasteiger partial charge >= 0.3 is 11.9 Å². The molecular formula is C43H70O5. The van der Waals surface area contributed by atoms with Gasteiger partial charge in [-0.25, -0.2) is 0 Å². The number of aliphatic hydroxyl groups excluding tert-OH is 1. The number of carbonyl (C=O) groups excluding carboxylic acids is 2. The maximum atomic E-state index is 12.1. The van der Waals surface area contributed by atoms with Crippen LogP contribution in [-0.2, 0) is 19.1 Å². The Morgan fingerprint density at radius 1 is 0.500 bits per heavy atom. The normalized spacial score (nSPS) is 13.1. The van der Waals surface area contributed by atoms with Gasteiger partial charge in [0.05, 0.1) is 6.61 Å². The number of ether oxygens (including phenoxy) is 2. The van der Waals surface area contributed by atoms with Gasteiger partial charge in [-0.2, -0.15) is 0 Å². The minimum atomic E-state index is -0.812. The third kappa shape index (κ3) is 35.9. The number of unbranched alkanes of at least 4 members (excludes halogenated alkanes) is 11. The monoisotopic (exact) mass is 667 g/mol. The van der Waals surface area contributed by atoms with E-state index < -0.39 is 6.10 Å². The van der Waals surface area contributed by atoms with E-state index in [0.717, 1.165) is 77.0 Å². The summed E-state index contributed by atoms with van der Waals surface area (Å²) < 4.78 is 10.5. The van der Waals surface area contributed by atoms with Crippen molar-refractivity contribution in [3.8, 4) is 0 Å². The molecule has 0 aliphatic rings. The van der Waals surface area contributed by atoms with E-state index in [9.17, 15) is 14.7 Å². The molecule has 0 aromatic carbocycles. The molecule has 0 radical (unpaired) electrons. The summed E-state index contributed by atoms with van der Waals surface area (Å²) in [5.74, 6) is -0.689. The van der Waals surface area contributed by atoms with Crippen LogP contribution in [0.2, 0.25) is 0 Å². The summed E-state index contributed by atoms with van der Waals surface area (Å²) in [6.45, 7) is 3.93. The molecule has 0 heterocycles. The van der Waals surface area contributed by atoms with E-state index in [1.54, 1.807) is 0 Å². The highest BCUT2D eigenvalue weighted by atomic mass is 16.6. The van der Waals surface area contributed by atoms with Crippen LogP contribution in [0.5, 0.6) is 0 Å². The molecule has 0 bridgehead atoms. The van der Waals surface area contributed by atoms with Crippen LogP contribution in [0.3, 0.4) is 0 Å². The van der Waals surface area contributed by atoms with Crippen molar-refractivity contribution in [1.82, 2.24) is 0 Å². The predicted octanol–water partition coefficient (Wildman–Crippen LogP) is 11.9. The van der Waals surface area contributed by atoms with Crippen molar-refractivity contribution in [1.29, 1.82) is 0 Å². The van der Waals surface area contributed by atoms with Crippen LogP contribution in [-0.4, -0.2) is 36.4 Å². The molecule has 0 aromatic heterocycles. The summed E-state index contributed by atoms with van der Waals surface area (Å²) in [6.07, 6.45) is 52.1. The molecular weight excluding hydrogens is 596 g/mol. The molecule has 5 nitrogen and oxygen atoms in total. The Labute approximate surface area is 295 Å². The number of aliphatic hydroxyl groups is 1. The SMILES string of the molecule is CCC=CCC=CCC=CCC=CCCCCCCC(=O)OC[C@H](CO)OC(=O)CCCC=CCC=CCC=CCCCCCCCC. The molecule has 0 aliphatic heterocycles. The summed E-state index contributed by atoms with van der Waals surface area (Å²) in [7, 11) is 0. The fourth-order valence-corrected chi connectivity index (χ4v) is 4.79. The van der Waals surface area contributed by atoms with Crippen LogP contribution in [0, 0.1) is 0 Å². The zero-order valence-corrected chi connectivity index (χ0v) is 30.7. The maximum absolute atomic E-state index is 12.1. The fourth-order valence-electron chi connectivity index (χ4n) is 4.79. The molecule has 5 heteroatoms. The largest absolute Gasteiger partial charge is 0.462 e. The van der Waals surface area contributed by atoms with Gasteiger partial charge in [0.1, 0.15) is 6.61 Å². The number of hydrogen-bond acceptors (Lipinski definition) is 5. The summed E-state index contributed by atoms with van der Waals surface area (Å²) in [6, 6.07) is 0. The van der Waals surface area contributed by atoms with Gasteiger partial charge in [-0.1, -0.05) is 144 Å². The Morgan fingerprint density at radius 3 is 1.42 bits per heavy atom. The lowest BCUT2D eigenvalue weighted by Crippen LogP contribution is -2.28. The summed E-state index contributed by atoms with van der Waals surface area (Å²) >= 11 is 0. The van der Waals surface area contributed by atoms with Crippen LogP contribution in [0.25, 0.3) is 0 Å². The molecule has 48 heavy (non-hydrogen) atoms. The third-order valence-electron chi connectivity index (χ3n) is 7.67. The van der Waals surface area contributed by atoms with Gasteiger partial charge in [0, 0.05) is 12.8 Å². The van der Waals surface area contributed by atoms with E-state index in [4.69, 9.17) is 9.47 Å². The Morgan fingerprint density at radius 2 is 0.917 bits per heavy atom. The minimum absolute atomic E-state index is 0.104. The molecule has 0 amide bonds. The molecule has 1 N–H and O–H groups in total. The molecule has 272 valence electrons.